The van der Waals surface area contributed by atoms with Crippen LogP contribution in [0.4, 0.5) is 0 Å². The number of ether oxygens (including phenoxy) is 2. The third kappa shape index (κ3) is 5.37. The first-order valence-electron chi connectivity index (χ1n) is 9.96. The Morgan fingerprint density at radius 3 is 2.77 bits per heavy atom. The maximum atomic E-state index is 12.1. The first kappa shape index (κ1) is 19.0. The second-order valence-corrected chi connectivity index (χ2v) is 8.03. The molecule has 2 aliphatic heterocycles. The molecule has 0 bridgehead atoms. The van der Waals surface area contributed by atoms with Crippen molar-refractivity contribution in [3.8, 4) is 11.5 Å². The molecule has 0 aromatic heterocycles. The van der Waals surface area contributed by atoms with Crippen LogP contribution in [-0.4, -0.2) is 49.2 Å². The lowest BCUT2D eigenvalue weighted by atomic mass is 10.0. The van der Waals surface area contributed by atoms with Gasteiger partial charge in [0.1, 0.15) is 5.60 Å². The van der Waals surface area contributed by atoms with Gasteiger partial charge in [0, 0.05) is 18.5 Å². The zero-order valence-corrected chi connectivity index (χ0v) is 16.2. The number of carbonyl (C=O) groups is 1. The predicted octanol–water partition coefficient (Wildman–Crippen LogP) is 3.16. The van der Waals surface area contributed by atoms with Crippen LogP contribution >= 0.6 is 0 Å². The van der Waals surface area contributed by atoms with Crippen LogP contribution in [0, 0.1) is 0 Å². The molecule has 1 aromatic rings. The Bertz CT molecular complexity index is 607. The molecule has 0 atom stereocenters. The molecule has 0 radical (unpaired) electrons. The molecule has 0 spiro atoms. The van der Waals surface area contributed by atoms with Gasteiger partial charge in [-0.2, -0.15) is 0 Å². The van der Waals surface area contributed by atoms with Crippen LogP contribution in [0.5, 0.6) is 11.5 Å². The van der Waals surface area contributed by atoms with Gasteiger partial charge in [-0.3, -0.25) is 4.79 Å². The van der Waals surface area contributed by atoms with Gasteiger partial charge in [0.2, 0.25) is 0 Å². The Hall–Kier alpha value is -1.75. The highest BCUT2D eigenvalue weighted by Crippen LogP contribution is 2.41. The highest BCUT2D eigenvalue weighted by atomic mass is 16.5. The molecule has 5 heteroatoms. The molecule has 0 saturated carbocycles. The number of benzene rings is 1. The molecule has 1 fully saturated rings. The van der Waals surface area contributed by atoms with Crippen LogP contribution < -0.4 is 14.8 Å². The fourth-order valence-corrected chi connectivity index (χ4v) is 3.79. The highest BCUT2D eigenvalue weighted by molar-refractivity contribution is 5.77. The number of carbonyl (C=O) groups excluding carboxylic acids is 1. The molecule has 1 saturated heterocycles. The Labute approximate surface area is 157 Å². The molecule has 2 heterocycles. The molecular weight excluding hydrogens is 328 g/mol. The van der Waals surface area contributed by atoms with E-state index >= 15 is 0 Å². The molecule has 1 aromatic carbocycles. The van der Waals surface area contributed by atoms with Crippen LogP contribution in [-0.2, 0) is 11.2 Å². The Morgan fingerprint density at radius 1 is 1.23 bits per heavy atom. The second-order valence-electron chi connectivity index (χ2n) is 8.03. The molecule has 1 N–H and O–H groups in total. The summed E-state index contributed by atoms with van der Waals surface area (Å²) >= 11 is 0. The van der Waals surface area contributed by atoms with Crippen LogP contribution in [0.3, 0.4) is 0 Å². The molecule has 1 amide bonds. The molecular formula is C21H32N2O3. The van der Waals surface area contributed by atoms with Crippen molar-refractivity contribution >= 4 is 5.91 Å². The largest absolute Gasteiger partial charge is 0.483 e. The van der Waals surface area contributed by atoms with Crippen LogP contribution in [0.2, 0.25) is 0 Å². The minimum atomic E-state index is -0.211. The Morgan fingerprint density at radius 2 is 2.00 bits per heavy atom. The van der Waals surface area contributed by atoms with Crippen LogP contribution in [0.15, 0.2) is 18.2 Å². The van der Waals surface area contributed by atoms with Crippen LogP contribution in [0.1, 0.15) is 51.5 Å². The molecule has 26 heavy (non-hydrogen) atoms. The van der Waals surface area contributed by atoms with E-state index in [1.807, 2.05) is 12.1 Å². The number of hydrogen-bond donors (Lipinski definition) is 1. The van der Waals surface area contributed by atoms with E-state index in [-0.39, 0.29) is 18.1 Å². The average molecular weight is 360 g/mol. The van der Waals surface area contributed by atoms with Gasteiger partial charge >= 0.3 is 0 Å². The van der Waals surface area contributed by atoms with Crippen LogP contribution in [0.25, 0.3) is 0 Å². The summed E-state index contributed by atoms with van der Waals surface area (Å²) in [7, 11) is 0. The van der Waals surface area contributed by atoms with E-state index < -0.39 is 0 Å². The number of nitrogens with one attached hydrogen (secondary N) is 1. The summed E-state index contributed by atoms with van der Waals surface area (Å²) in [6.07, 6.45) is 7.18. The molecule has 3 rings (SSSR count). The first-order chi connectivity index (χ1) is 12.5. The van der Waals surface area contributed by atoms with Crippen molar-refractivity contribution in [1.82, 2.24) is 10.2 Å². The summed E-state index contributed by atoms with van der Waals surface area (Å²) in [5, 5.41) is 2.96. The van der Waals surface area contributed by atoms with Gasteiger partial charge in [-0.05, 0) is 58.8 Å². The standard InChI is InChI=1S/C21H32N2O3/c1-21(2)15-17-9-7-10-18(20(17)26-21)25-16-19(24)22-11-8-14-23-12-5-3-4-6-13-23/h7,9-10H,3-6,8,11-16H2,1-2H3,(H,22,24). The van der Waals surface area contributed by atoms with Crippen molar-refractivity contribution in [2.24, 2.45) is 0 Å². The third-order valence-electron chi connectivity index (χ3n) is 5.09. The van der Waals surface area contributed by atoms with Gasteiger partial charge in [0.25, 0.3) is 5.91 Å². The molecule has 5 nitrogen and oxygen atoms in total. The maximum Gasteiger partial charge on any atom is 0.257 e. The summed E-state index contributed by atoms with van der Waals surface area (Å²) in [4.78, 5) is 14.6. The SMILES string of the molecule is CC1(C)Cc2cccc(OCC(=O)NCCCN3CCCCCC3)c2O1. The first-order valence-corrected chi connectivity index (χ1v) is 9.96. The Kier molecular flexibility index (Phi) is 6.41. The van der Waals surface area contributed by atoms with Crippen molar-refractivity contribution in [1.29, 1.82) is 0 Å². The van der Waals surface area contributed by atoms with Gasteiger partial charge in [-0.25, -0.2) is 0 Å². The van der Waals surface area contributed by atoms with E-state index in [9.17, 15) is 4.79 Å². The van der Waals surface area contributed by atoms with Gasteiger partial charge in [0.15, 0.2) is 18.1 Å². The van der Waals surface area contributed by atoms with E-state index in [1.165, 1.54) is 38.8 Å². The fourth-order valence-electron chi connectivity index (χ4n) is 3.79. The average Bonchev–Trinajstić information content (AvgIpc) is 2.77. The lowest BCUT2D eigenvalue weighted by Crippen LogP contribution is -2.33. The molecule has 144 valence electrons. The van der Waals surface area contributed by atoms with Crippen molar-refractivity contribution in [2.45, 2.75) is 58.0 Å². The van der Waals surface area contributed by atoms with Gasteiger partial charge in [-0.15, -0.1) is 0 Å². The monoisotopic (exact) mass is 360 g/mol. The third-order valence-corrected chi connectivity index (χ3v) is 5.09. The molecule has 2 aliphatic rings. The van der Waals surface area contributed by atoms with Gasteiger partial charge in [-0.1, -0.05) is 25.0 Å². The normalized spacial score (nSPS) is 19.3. The number of fused-ring (bicyclic) bond motifs is 1. The van der Waals surface area contributed by atoms with E-state index in [0.29, 0.717) is 12.3 Å². The summed E-state index contributed by atoms with van der Waals surface area (Å²) in [6, 6.07) is 5.88. The highest BCUT2D eigenvalue weighted by Gasteiger charge is 2.32. The lowest BCUT2D eigenvalue weighted by Gasteiger charge is -2.19. The fraction of sp³-hybridized carbons (Fsp3) is 0.667. The quantitative estimate of drug-likeness (QED) is 0.759. The van der Waals surface area contributed by atoms with Gasteiger partial charge < -0.3 is 19.7 Å². The second kappa shape index (κ2) is 8.76. The van der Waals surface area contributed by atoms with Gasteiger partial charge in [0.05, 0.1) is 0 Å². The zero-order chi connectivity index (χ0) is 18.4. The number of rotatable bonds is 7. The van der Waals surface area contributed by atoms with E-state index in [1.54, 1.807) is 0 Å². The number of hydrogen-bond acceptors (Lipinski definition) is 4. The Balaban J connectivity index is 1.37. The molecule has 0 unspecified atom stereocenters. The number of nitrogens with zero attached hydrogens (tertiary/aromatic N) is 1. The topological polar surface area (TPSA) is 50.8 Å². The predicted molar refractivity (Wildman–Crippen MR) is 103 cm³/mol. The van der Waals surface area contributed by atoms with Crippen molar-refractivity contribution in [3.63, 3.8) is 0 Å². The van der Waals surface area contributed by atoms with Crippen molar-refractivity contribution in [2.75, 3.05) is 32.8 Å². The summed E-state index contributed by atoms with van der Waals surface area (Å²) in [6.45, 7) is 8.33. The van der Waals surface area contributed by atoms with E-state index in [2.05, 4.69) is 30.1 Å². The maximum absolute atomic E-state index is 12.1. The smallest absolute Gasteiger partial charge is 0.257 e. The van der Waals surface area contributed by atoms with E-state index in [4.69, 9.17) is 9.47 Å². The van der Waals surface area contributed by atoms with E-state index in [0.717, 1.165) is 30.7 Å². The minimum absolute atomic E-state index is 0.0317. The summed E-state index contributed by atoms with van der Waals surface area (Å²) < 4.78 is 11.7. The number of likely N-dealkylation sites (tertiary alicyclic amines) is 1. The number of para-hydroxylation sites is 1. The molecule has 0 aliphatic carbocycles. The zero-order valence-electron chi connectivity index (χ0n) is 16.2. The van der Waals surface area contributed by atoms with Crippen molar-refractivity contribution < 1.29 is 14.3 Å². The summed E-state index contributed by atoms with van der Waals surface area (Å²) in [5.74, 6) is 1.37. The van der Waals surface area contributed by atoms with Crippen molar-refractivity contribution in [3.05, 3.63) is 23.8 Å². The lowest BCUT2D eigenvalue weighted by molar-refractivity contribution is -0.123. The number of amides is 1. The summed E-state index contributed by atoms with van der Waals surface area (Å²) in [5.41, 5.74) is 0.933. The minimum Gasteiger partial charge on any atom is -0.483 e.